The van der Waals surface area contributed by atoms with Crippen LogP contribution < -0.4 is 5.32 Å². The van der Waals surface area contributed by atoms with Crippen molar-refractivity contribution in [1.82, 2.24) is 5.32 Å². The summed E-state index contributed by atoms with van der Waals surface area (Å²) in [5.41, 5.74) is 0.108. The zero-order chi connectivity index (χ0) is 11.3. The predicted molar refractivity (Wildman–Crippen MR) is 69.2 cm³/mol. The first-order valence-corrected chi connectivity index (χ1v) is 5.45. The Kier molecular flexibility index (Phi) is 4.39. The Morgan fingerprint density at radius 2 is 2.33 bits per heavy atom. The van der Waals surface area contributed by atoms with Gasteiger partial charge in [-0.05, 0) is 0 Å². The fourth-order valence-corrected chi connectivity index (χ4v) is 1.60. The van der Waals surface area contributed by atoms with Crippen LogP contribution in [0.15, 0.2) is 9.90 Å². The molecule has 1 N–H and O–H groups in total. The Morgan fingerprint density at radius 3 is 2.87 bits per heavy atom. The van der Waals surface area contributed by atoms with Gasteiger partial charge in [-0.25, -0.2) is 0 Å². The van der Waals surface area contributed by atoms with E-state index in [4.69, 9.17) is 0 Å². The molecule has 1 fully saturated rings. The van der Waals surface area contributed by atoms with E-state index >= 15 is 0 Å². The fraction of sp³-hybridized carbons (Fsp3) is 0.727. The number of rotatable bonds is 6. The average Bonchev–Trinajstić information content (AvgIpc) is 2.94. The molecule has 2 atom stereocenters. The molecular formula is C11H20BN3. The van der Waals surface area contributed by atoms with Crippen LogP contribution in [0, 0.1) is 11.3 Å². The van der Waals surface area contributed by atoms with Gasteiger partial charge in [0.25, 0.3) is 0 Å². The summed E-state index contributed by atoms with van der Waals surface area (Å²) in [7, 11) is 1.58. The number of aliphatic imine (C=N–C) groups is 1. The predicted octanol–water partition coefficient (Wildman–Crippen LogP) is 1.16. The Hall–Kier alpha value is -0.765. The van der Waals surface area contributed by atoms with Gasteiger partial charge in [0, 0.05) is 0 Å². The standard InChI is InChI=1S/C11H20BN3/c1-9(6-13-10-7-14-10)5-11(2,3)8-15-12-4/h6,8-10,14H,4-5,7H2,1-3H3/b13-6+,15-8+. The first-order valence-electron chi connectivity index (χ1n) is 5.45. The van der Waals surface area contributed by atoms with E-state index in [1.54, 1.807) is 7.06 Å². The number of hydrogen-bond acceptors (Lipinski definition) is 3. The van der Waals surface area contributed by atoms with Gasteiger partial charge >= 0.3 is 92.4 Å². The van der Waals surface area contributed by atoms with Crippen molar-refractivity contribution in [2.24, 2.45) is 21.2 Å². The van der Waals surface area contributed by atoms with Crippen LogP contribution in [0.5, 0.6) is 0 Å². The molecule has 0 bridgehead atoms. The minimum atomic E-state index is 0.108. The second-order valence-electron chi connectivity index (χ2n) is 4.85. The van der Waals surface area contributed by atoms with Gasteiger partial charge in [0.1, 0.15) is 0 Å². The molecule has 0 aromatic rings. The Labute approximate surface area is 93.0 Å². The molecule has 1 aliphatic rings. The van der Waals surface area contributed by atoms with Crippen LogP contribution in [0.2, 0.25) is 0 Å². The zero-order valence-electron chi connectivity index (χ0n) is 9.90. The molecule has 0 aromatic carbocycles. The van der Waals surface area contributed by atoms with Crippen LogP contribution in [0.4, 0.5) is 0 Å². The van der Waals surface area contributed by atoms with Crippen molar-refractivity contribution in [2.75, 3.05) is 6.54 Å². The topological polar surface area (TPSA) is 46.7 Å². The minimum absolute atomic E-state index is 0.108. The number of hydrogen-bond donors (Lipinski definition) is 1. The number of nitrogens with zero attached hydrogens (tertiary/aromatic N) is 2. The second-order valence-corrected chi connectivity index (χ2v) is 4.85. The summed E-state index contributed by atoms with van der Waals surface area (Å²) in [5.74, 6) is 0.485. The molecule has 1 saturated heterocycles. The van der Waals surface area contributed by atoms with E-state index in [9.17, 15) is 0 Å². The van der Waals surface area contributed by atoms with E-state index in [1.165, 1.54) is 0 Å². The monoisotopic (exact) mass is 205 g/mol. The van der Waals surface area contributed by atoms with Crippen molar-refractivity contribution in [3.63, 3.8) is 0 Å². The molecular weight excluding hydrogens is 185 g/mol. The van der Waals surface area contributed by atoms with Crippen LogP contribution in [0.1, 0.15) is 27.2 Å². The number of nitrogens with one attached hydrogen (secondary N) is 1. The van der Waals surface area contributed by atoms with E-state index < -0.39 is 0 Å². The molecule has 82 valence electrons. The molecule has 0 radical (unpaired) electrons. The zero-order valence-corrected chi connectivity index (χ0v) is 9.90. The first kappa shape index (κ1) is 12.3. The van der Waals surface area contributed by atoms with Crippen LogP contribution >= 0.6 is 0 Å². The molecule has 1 heterocycles. The summed E-state index contributed by atoms with van der Waals surface area (Å²) >= 11 is 0. The Morgan fingerprint density at radius 1 is 1.67 bits per heavy atom. The van der Waals surface area contributed by atoms with Gasteiger partial charge in [-0.1, -0.05) is 0 Å². The normalized spacial score (nSPS) is 23.3. The fourth-order valence-electron chi connectivity index (χ4n) is 1.60. The van der Waals surface area contributed by atoms with Crippen molar-refractivity contribution in [2.45, 2.75) is 33.4 Å². The van der Waals surface area contributed by atoms with Crippen molar-refractivity contribution in [1.29, 1.82) is 0 Å². The molecule has 4 heteroatoms. The van der Waals surface area contributed by atoms with E-state index in [-0.39, 0.29) is 5.41 Å². The van der Waals surface area contributed by atoms with Gasteiger partial charge in [0.2, 0.25) is 0 Å². The van der Waals surface area contributed by atoms with Gasteiger partial charge < -0.3 is 0 Å². The van der Waals surface area contributed by atoms with Gasteiger partial charge in [-0.3, -0.25) is 0 Å². The summed E-state index contributed by atoms with van der Waals surface area (Å²) in [6, 6.07) is 0. The van der Waals surface area contributed by atoms with Crippen LogP contribution in [0.3, 0.4) is 0 Å². The van der Waals surface area contributed by atoms with Crippen molar-refractivity contribution in [3.8, 4) is 0 Å². The van der Waals surface area contributed by atoms with E-state index in [2.05, 4.69) is 42.5 Å². The molecule has 1 aliphatic heterocycles. The van der Waals surface area contributed by atoms with Crippen LogP contribution in [-0.4, -0.2) is 38.7 Å². The summed E-state index contributed by atoms with van der Waals surface area (Å²) < 4.78 is 0. The molecule has 0 spiro atoms. The Balaban J connectivity index is 2.36. The van der Waals surface area contributed by atoms with Crippen molar-refractivity contribution < 1.29 is 0 Å². The maximum atomic E-state index is 4.40. The van der Waals surface area contributed by atoms with Crippen LogP contribution in [-0.2, 0) is 0 Å². The molecule has 0 amide bonds. The summed E-state index contributed by atoms with van der Waals surface area (Å²) in [6.07, 6.45) is 5.45. The molecule has 1 rings (SSSR count). The molecule has 2 unspecified atom stereocenters. The van der Waals surface area contributed by atoms with Crippen molar-refractivity contribution in [3.05, 3.63) is 0 Å². The van der Waals surface area contributed by atoms with E-state index in [0.29, 0.717) is 12.1 Å². The van der Waals surface area contributed by atoms with E-state index in [0.717, 1.165) is 13.0 Å². The molecule has 0 aromatic heterocycles. The SMILES string of the molecule is C=B/N=C/C(C)(C)CC(C)/C=N/C1CN1. The Bertz CT molecular complexity index is 267. The molecule has 0 saturated carbocycles. The molecule has 15 heavy (non-hydrogen) atoms. The maximum absolute atomic E-state index is 4.40. The molecule has 3 nitrogen and oxygen atoms in total. The summed E-state index contributed by atoms with van der Waals surface area (Å²) in [5, 5.41) is 3.15. The van der Waals surface area contributed by atoms with Crippen LogP contribution in [0.25, 0.3) is 0 Å². The van der Waals surface area contributed by atoms with E-state index in [1.807, 2.05) is 12.4 Å². The summed E-state index contributed by atoms with van der Waals surface area (Å²) in [6.45, 7) is 11.2. The van der Waals surface area contributed by atoms with Crippen molar-refractivity contribution >= 4 is 26.0 Å². The first-order chi connectivity index (χ1) is 7.03. The third kappa shape index (κ3) is 5.62. The second kappa shape index (κ2) is 5.35. The van der Waals surface area contributed by atoms with Gasteiger partial charge in [-0.2, -0.15) is 0 Å². The van der Waals surface area contributed by atoms with Gasteiger partial charge in [0.05, 0.1) is 0 Å². The average molecular weight is 205 g/mol. The summed E-state index contributed by atoms with van der Waals surface area (Å²) in [4.78, 5) is 8.49. The third-order valence-electron chi connectivity index (χ3n) is 2.28. The van der Waals surface area contributed by atoms with Gasteiger partial charge in [0.15, 0.2) is 0 Å². The molecule has 0 aliphatic carbocycles. The third-order valence-corrected chi connectivity index (χ3v) is 2.28. The van der Waals surface area contributed by atoms with Gasteiger partial charge in [-0.15, -0.1) is 0 Å². The quantitative estimate of drug-likeness (QED) is 0.394.